The van der Waals surface area contributed by atoms with Gasteiger partial charge in [0.25, 0.3) is 0 Å². The Morgan fingerprint density at radius 2 is 2.05 bits per heavy atom. The lowest BCUT2D eigenvalue weighted by Crippen LogP contribution is -2.17. The quantitative estimate of drug-likeness (QED) is 0.896. The van der Waals surface area contributed by atoms with Gasteiger partial charge in [0, 0.05) is 11.1 Å². The molecule has 3 rings (SSSR count). The third-order valence-electron chi connectivity index (χ3n) is 3.56. The van der Waals surface area contributed by atoms with E-state index in [1.807, 2.05) is 31.2 Å². The highest BCUT2D eigenvalue weighted by atomic mass is 16.4. The van der Waals surface area contributed by atoms with Crippen LogP contribution in [0.2, 0.25) is 0 Å². The highest BCUT2D eigenvalue weighted by Crippen LogP contribution is 2.39. The fourth-order valence-corrected chi connectivity index (χ4v) is 2.33. The summed E-state index contributed by atoms with van der Waals surface area (Å²) in [5.41, 5.74) is 2.23. The number of aryl methyl sites for hydroxylation is 1. The van der Waals surface area contributed by atoms with Crippen LogP contribution in [0.3, 0.4) is 0 Å². The number of aromatic nitrogens is 1. The van der Waals surface area contributed by atoms with Crippen LogP contribution in [-0.4, -0.2) is 22.0 Å². The van der Waals surface area contributed by atoms with E-state index in [0.717, 1.165) is 16.6 Å². The number of nitrogens with zero attached hydrogens (tertiary/aromatic N) is 1. The monoisotopic (exact) mass is 270 g/mol. The number of nitrogens with one attached hydrogen (secondary N) is 1. The molecule has 0 aliphatic heterocycles. The fraction of sp³-hybridized carbons (Fsp3) is 0.267. The number of benzene rings is 1. The molecule has 0 unspecified atom stereocenters. The first-order valence-corrected chi connectivity index (χ1v) is 6.46. The van der Waals surface area contributed by atoms with Gasteiger partial charge in [-0.15, -0.1) is 0 Å². The Balaban J connectivity index is 1.86. The van der Waals surface area contributed by atoms with Crippen molar-refractivity contribution < 1.29 is 14.7 Å². The van der Waals surface area contributed by atoms with Gasteiger partial charge in [-0.3, -0.25) is 14.6 Å². The average molecular weight is 270 g/mol. The topological polar surface area (TPSA) is 79.3 Å². The van der Waals surface area contributed by atoms with Crippen molar-refractivity contribution in [2.24, 2.45) is 11.8 Å². The number of carboxylic acid groups (broad SMARTS) is 1. The Kier molecular flexibility index (Phi) is 2.89. The summed E-state index contributed by atoms with van der Waals surface area (Å²) in [5.74, 6) is -2.11. The minimum absolute atomic E-state index is 0.242. The summed E-state index contributed by atoms with van der Waals surface area (Å²) >= 11 is 0. The van der Waals surface area contributed by atoms with Crippen LogP contribution in [0.5, 0.6) is 0 Å². The van der Waals surface area contributed by atoms with Gasteiger partial charge in [-0.25, -0.2) is 0 Å². The number of carbonyl (C=O) groups is 2. The summed E-state index contributed by atoms with van der Waals surface area (Å²) in [6, 6.07) is 9.41. The lowest BCUT2D eigenvalue weighted by Gasteiger charge is -2.08. The van der Waals surface area contributed by atoms with Crippen molar-refractivity contribution in [3.63, 3.8) is 0 Å². The summed E-state index contributed by atoms with van der Waals surface area (Å²) < 4.78 is 0. The van der Waals surface area contributed by atoms with E-state index in [9.17, 15) is 9.59 Å². The molecule has 5 heteroatoms. The van der Waals surface area contributed by atoms with Gasteiger partial charge in [0.1, 0.15) is 0 Å². The van der Waals surface area contributed by atoms with Gasteiger partial charge in [0.15, 0.2) is 0 Å². The minimum Gasteiger partial charge on any atom is -0.481 e. The number of carbonyl (C=O) groups excluding carboxylic acids is 1. The van der Waals surface area contributed by atoms with Crippen LogP contribution in [0.1, 0.15) is 12.1 Å². The van der Waals surface area contributed by atoms with Crippen LogP contribution in [0.15, 0.2) is 30.3 Å². The highest BCUT2D eigenvalue weighted by molar-refractivity contribution is 6.03. The molecular formula is C15H14N2O3. The molecule has 1 saturated carbocycles. The third kappa shape index (κ3) is 2.22. The molecule has 20 heavy (non-hydrogen) atoms. The number of hydrogen-bond donors (Lipinski definition) is 2. The zero-order chi connectivity index (χ0) is 14.3. The Hall–Kier alpha value is -2.43. The molecule has 0 radical (unpaired) electrons. The van der Waals surface area contributed by atoms with Crippen molar-refractivity contribution in [1.29, 1.82) is 0 Å². The number of carboxylic acids is 1. The zero-order valence-electron chi connectivity index (χ0n) is 11.0. The van der Waals surface area contributed by atoms with E-state index in [1.54, 1.807) is 6.07 Å². The molecule has 1 aromatic carbocycles. The van der Waals surface area contributed by atoms with E-state index in [4.69, 9.17) is 5.11 Å². The predicted octanol–water partition coefficient (Wildman–Crippen LogP) is 2.20. The molecule has 1 fully saturated rings. The molecule has 2 N–H and O–H groups in total. The van der Waals surface area contributed by atoms with Crippen LogP contribution in [0.25, 0.3) is 10.9 Å². The van der Waals surface area contributed by atoms with E-state index < -0.39 is 17.8 Å². The van der Waals surface area contributed by atoms with E-state index >= 15 is 0 Å². The number of fused-ring (bicyclic) bond motifs is 1. The van der Waals surface area contributed by atoms with Crippen LogP contribution in [0.4, 0.5) is 5.69 Å². The molecule has 0 spiro atoms. The average Bonchev–Trinajstić information content (AvgIpc) is 3.20. The molecule has 5 nitrogen and oxygen atoms in total. The summed E-state index contributed by atoms with van der Waals surface area (Å²) in [7, 11) is 0. The van der Waals surface area contributed by atoms with Gasteiger partial charge in [0.2, 0.25) is 5.91 Å². The van der Waals surface area contributed by atoms with Crippen molar-refractivity contribution >= 4 is 28.5 Å². The van der Waals surface area contributed by atoms with Crippen molar-refractivity contribution in [3.05, 3.63) is 36.0 Å². The van der Waals surface area contributed by atoms with Gasteiger partial charge < -0.3 is 10.4 Å². The number of hydrogen-bond acceptors (Lipinski definition) is 3. The number of rotatable bonds is 3. The number of amides is 1. The van der Waals surface area contributed by atoms with E-state index in [0.29, 0.717) is 12.1 Å². The second-order valence-electron chi connectivity index (χ2n) is 5.11. The van der Waals surface area contributed by atoms with Crippen molar-refractivity contribution in [2.45, 2.75) is 13.3 Å². The molecule has 0 bridgehead atoms. The molecule has 1 aliphatic carbocycles. The van der Waals surface area contributed by atoms with Crippen LogP contribution < -0.4 is 5.32 Å². The molecule has 102 valence electrons. The molecular weight excluding hydrogens is 256 g/mol. The maximum atomic E-state index is 12.0. The van der Waals surface area contributed by atoms with Gasteiger partial charge >= 0.3 is 5.97 Å². The maximum absolute atomic E-state index is 12.0. The van der Waals surface area contributed by atoms with E-state index in [1.165, 1.54) is 0 Å². The first-order chi connectivity index (χ1) is 9.56. The van der Waals surface area contributed by atoms with Gasteiger partial charge in [-0.2, -0.15) is 0 Å². The summed E-state index contributed by atoms with van der Waals surface area (Å²) in [4.78, 5) is 27.2. The first-order valence-electron chi connectivity index (χ1n) is 6.46. The summed E-state index contributed by atoms with van der Waals surface area (Å²) in [6.07, 6.45) is 0.415. The van der Waals surface area contributed by atoms with E-state index in [2.05, 4.69) is 10.3 Å². The van der Waals surface area contributed by atoms with Crippen molar-refractivity contribution in [1.82, 2.24) is 4.98 Å². The Labute approximate surface area is 115 Å². The first kappa shape index (κ1) is 12.6. The zero-order valence-corrected chi connectivity index (χ0v) is 11.0. The number of pyridine rings is 1. The predicted molar refractivity (Wildman–Crippen MR) is 74.3 cm³/mol. The number of para-hydroxylation sites is 1. The molecule has 1 aromatic heterocycles. The van der Waals surface area contributed by atoms with Crippen LogP contribution >= 0.6 is 0 Å². The summed E-state index contributed by atoms with van der Waals surface area (Å²) in [6.45, 7) is 1.89. The van der Waals surface area contributed by atoms with Gasteiger partial charge in [-0.1, -0.05) is 18.2 Å². The molecule has 1 heterocycles. The largest absolute Gasteiger partial charge is 0.481 e. The Morgan fingerprint density at radius 1 is 1.25 bits per heavy atom. The smallest absolute Gasteiger partial charge is 0.307 e. The molecule has 2 aromatic rings. The normalized spacial score (nSPS) is 20.6. The molecule has 0 saturated heterocycles. The molecule has 1 amide bonds. The van der Waals surface area contributed by atoms with Crippen molar-refractivity contribution in [2.75, 3.05) is 5.32 Å². The standard InChI is InChI=1S/C15H14N2O3/c1-8-5-6-9-3-2-4-12(13(9)16-8)17-14(18)10-7-11(10)15(19)20/h2-6,10-11H,7H2,1H3,(H,17,18)(H,19,20)/t10-,11+/m1/s1. The van der Waals surface area contributed by atoms with Crippen molar-refractivity contribution in [3.8, 4) is 0 Å². The Bertz CT molecular complexity index is 711. The lowest BCUT2D eigenvalue weighted by molar-refractivity contribution is -0.139. The number of anilines is 1. The molecule has 2 atom stereocenters. The van der Waals surface area contributed by atoms with Crippen LogP contribution in [0, 0.1) is 18.8 Å². The highest BCUT2D eigenvalue weighted by Gasteiger charge is 2.48. The van der Waals surface area contributed by atoms with Crippen LogP contribution in [-0.2, 0) is 9.59 Å². The summed E-state index contributed by atoms with van der Waals surface area (Å²) in [5, 5.41) is 12.6. The third-order valence-corrected chi connectivity index (χ3v) is 3.56. The van der Waals surface area contributed by atoms with Gasteiger partial charge in [0.05, 0.1) is 23.0 Å². The number of aliphatic carboxylic acids is 1. The second-order valence-corrected chi connectivity index (χ2v) is 5.11. The van der Waals surface area contributed by atoms with Gasteiger partial charge in [-0.05, 0) is 25.5 Å². The SMILES string of the molecule is Cc1ccc2cccc(NC(=O)[C@@H]3C[C@@H]3C(=O)O)c2n1. The fourth-order valence-electron chi connectivity index (χ4n) is 2.33. The minimum atomic E-state index is -0.906. The second kappa shape index (κ2) is 4.59. The Morgan fingerprint density at radius 3 is 2.75 bits per heavy atom. The lowest BCUT2D eigenvalue weighted by atomic mass is 10.1. The van der Waals surface area contributed by atoms with E-state index in [-0.39, 0.29) is 5.91 Å². The maximum Gasteiger partial charge on any atom is 0.307 e. The molecule has 1 aliphatic rings.